The average Bonchev–Trinajstić information content (AvgIpc) is 2.43. The molecule has 7 heteroatoms. The Kier molecular flexibility index (Phi) is 4.94. The second-order valence-electron chi connectivity index (χ2n) is 4.08. The van der Waals surface area contributed by atoms with E-state index in [1.54, 1.807) is 12.1 Å². The first-order valence-corrected chi connectivity index (χ1v) is 7.55. The second kappa shape index (κ2) is 6.52. The quantitative estimate of drug-likeness (QED) is 0.672. The number of carbonyl (C=O) groups excluding carboxylic acids is 1. The van der Waals surface area contributed by atoms with Gasteiger partial charge in [-0.3, -0.25) is 4.79 Å². The number of rotatable bonds is 3. The molecule has 0 saturated heterocycles. The highest BCUT2D eigenvalue weighted by atomic mass is 127. The van der Waals surface area contributed by atoms with Gasteiger partial charge in [-0.25, -0.2) is 9.18 Å². The Morgan fingerprint density at radius 3 is 2.52 bits per heavy atom. The SMILES string of the molecule is O=C(O)c1cc(NC(=O)c2cc(I)ccc2Br)ccc1F. The van der Waals surface area contributed by atoms with Crippen LogP contribution in [0.1, 0.15) is 20.7 Å². The van der Waals surface area contributed by atoms with E-state index in [0.717, 1.165) is 15.7 Å². The Morgan fingerprint density at radius 2 is 1.86 bits per heavy atom. The summed E-state index contributed by atoms with van der Waals surface area (Å²) in [6.45, 7) is 0. The summed E-state index contributed by atoms with van der Waals surface area (Å²) in [7, 11) is 0. The highest BCUT2D eigenvalue weighted by Gasteiger charge is 2.14. The molecule has 0 saturated carbocycles. The molecule has 0 fully saturated rings. The van der Waals surface area contributed by atoms with Gasteiger partial charge >= 0.3 is 5.97 Å². The lowest BCUT2D eigenvalue weighted by Crippen LogP contribution is -2.13. The molecule has 2 aromatic carbocycles. The molecular formula is C14H8BrFINO3. The fourth-order valence-corrected chi connectivity index (χ4v) is 2.55. The van der Waals surface area contributed by atoms with Crippen molar-refractivity contribution in [2.45, 2.75) is 0 Å². The van der Waals surface area contributed by atoms with Crippen LogP contribution in [0.3, 0.4) is 0 Å². The highest BCUT2D eigenvalue weighted by Crippen LogP contribution is 2.22. The number of nitrogens with one attached hydrogen (secondary N) is 1. The van der Waals surface area contributed by atoms with E-state index in [1.165, 1.54) is 6.07 Å². The molecule has 21 heavy (non-hydrogen) atoms. The van der Waals surface area contributed by atoms with Crippen LogP contribution in [0.5, 0.6) is 0 Å². The minimum atomic E-state index is -1.39. The molecule has 0 aliphatic heterocycles. The number of benzene rings is 2. The predicted molar refractivity (Wildman–Crippen MR) is 88.2 cm³/mol. The molecular weight excluding hydrogens is 456 g/mol. The summed E-state index contributed by atoms with van der Waals surface area (Å²) in [6.07, 6.45) is 0. The van der Waals surface area contributed by atoms with Crippen molar-refractivity contribution in [1.82, 2.24) is 0 Å². The molecule has 2 N–H and O–H groups in total. The zero-order chi connectivity index (χ0) is 15.6. The third-order valence-corrected chi connectivity index (χ3v) is 3.99. The number of amides is 1. The minimum absolute atomic E-state index is 0.213. The van der Waals surface area contributed by atoms with Crippen LogP contribution in [0.15, 0.2) is 40.9 Å². The number of anilines is 1. The van der Waals surface area contributed by atoms with Crippen molar-refractivity contribution in [3.8, 4) is 0 Å². The van der Waals surface area contributed by atoms with Crippen molar-refractivity contribution >= 4 is 56.1 Å². The summed E-state index contributed by atoms with van der Waals surface area (Å²) < 4.78 is 14.8. The van der Waals surface area contributed by atoms with E-state index in [0.29, 0.717) is 10.0 Å². The van der Waals surface area contributed by atoms with E-state index < -0.39 is 23.3 Å². The minimum Gasteiger partial charge on any atom is -0.478 e. The number of halogens is 3. The molecule has 0 bridgehead atoms. The zero-order valence-corrected chi connectivity index (χ0v) is 14.1. The van der Waals surface area contributed by atoms with Gasteiger partial charge < -0.3 is 10.4 Å². The maximum Gasteiger partial charge on any atom is 0.338 e. The van der Waals surface area contributed by atoms with Gasteiger partial charge in [0.05, 0.1) is 11.1 Å². The van der Waals surface area contributed by atoms with Crippen molar-refractivity contribution in [3.63, 3.8) is 0 Å². The summed E-state index contributed by atoms with van der Waals surface area (Å²) in [4.78, 5) is 23.0. The van der Waals surface area contributed by atoms with Gasteiger partial charge in [0.15, 0.2) is 0 Å². The Balaban J connectivity index is 2.29. The number of hydrogen-bond acceptors (Lipinski definition) is 2. The first-order valence-electron chi connectivity index (χ1n) is 5.67. The first kappa shape index (κ1) is 15.9. The molecule has 2 rings (SSSR count). The number of aromatic carboxylic acids is 1. The standard InChI is InChI=1S/C14H8BrFINO3/c15-11-3-1-7(17)5-9(11)13(19)18-8-2-4-12(16)10(6-8)14(20)21/h1-6H,(H,18,19)(H,20,21). The van der Waals surface area contributed by atoms with Crippen LogP contribution in [-0.4, -0.2) is 17.0 Å². The Hall–Kier alpha value is -1.48. The number of carboxylic acid groups (broad SMARTS) is 1. The highest BCUT2D eigenvalue weighted by molar-refractivity contribution is 14.1. The summed E-state index contributed by atoms with van der Waals surface area (Å²) >= 11 is 5.35. The van der Waals surface area contributed by atoms with E-state index in [9.17, 15) is 14.0 Å². The monoisotopic (exact) mass is 463 g/mol. The molecule has 108 valence electrons. The lowest BCUT2D eigenvalue weighted by atomic mass is 10.1. The average molecular weight is 464 g/mol. The molecule has 0 spiro atoms. The number of carboxylic acids is 1. The van der Waals surface area contributed by atoms with Crippen molar-refractivity contribution in [2.24, 2.45) is 0 Å². The fraction of sp³-hybridized carbons (Fsp3) is 0. The third kappa shape index (κ3) is 3.79. The van der Waals surface area contributed by atoms with Gasteiger partial charge in [-0.05, 0) is 74.9 Å². The van der Waals surface area contributed by atoms with Gasteiger partial charge in [-0.2, -0.15) is 0 Å². The van der Waals surface area contributed by atoms with Gasteiger partial charge in [0, 0.05) is 13.7 Å². The lowest BCUT2D eigenvalue weighted by molar-refractivity contribution is 0.0691. The van der Waals surface area contributed by atoms with Gasteiger partial charge in [0.2, 0.25) is 0 Å². The number of hydrogen-bond donors (Lipinski definition) is 2. The molecule has 4 nitrogen and oxygen atoms in total. The molecule has 0 aromatic heterocycles. The van der Waals surface area contributed by atoms with Crippen molar-refractivity contribution < 1.29 is 19.1 Å². The normalized spacial score (nSPS) is 10.2. The third-order valence-electron chi connectivity index (χ3n) is 2.63. The Labute approximate surface area is 141 Å². The molecule has 0 aliphatic carbocycles. The van der Waals surface area contributed by atoms with Crippen LogP contribution < -0.4 is 5.32 Å². The maximum atomic E-state index is 13.3. The van der Waals surface area contributed by atoms with Crippen LogP contribution in [0.4, 0.5) is 10.1 Å². The molecule has 0 unspecified atom stereocenters. The molecule has 0 aliphatic rings. The molecule has 2 aromatic rings. The Bertz CT molecular complexity index is 736. The topological polar surface area (TPSA) is 66.4 Å². The van der Waals surface area contributed by atoms with E-state index in [4.69, 9.17) is 5.11 Å². The van der Waals surface area contributed by atoms with Crippen LogP contribution in [0.2, 0.25) is 0 Å². The summed E-state index contributed by atoms with van der Waals surface area (Å²) in [5, 5.41) is 11.4. The van der Waals surface area contributed by atoms with Crippen molar-refractivity contribution in [3.05, 3.63) is 61.4 Å². The zero-order valence-electron chi connectivity index (χ0n) is 10.4. The lowest BCUT2D eigenvalue weighted by Gasteiger charge is -2.08. The van der Waals surface area contributed by atoms with Crippen molar-refractivity contribution in [1.29, 1.82) is 0 Å². The van der Waals surface area contributed by atoms with Crippen LogP contribution in [0, 0.1) is 9.39 Å². The molecule has 1 amide bonds. The second-order valence-corrected chi connectivity index (χ2v) is 6.18. The summed E-state index contributed by atoms with van der Waals surface area (Å²) in [6, 6.07) is 8.65. The van der Waals surface area contributed by atoms with E-state index in [-0.39, 0.29) is 5.69 Å². The smallest absolute Gasteiger partial charge is 0.338 e. The summed E-state index contributed by atoms with van der Waals surface area (Å²) in [5.74, 6) is -2.65. The van der Waals surface area contributed by atoms with Crippen LogP contribution in [-0.2, 0) is 0 Å². The van der Waals surface area contributed by atoms with Gasteiger partial charge in [0.1, 0.15) is 5.82 Å². The Morgan fingerprint density at radius 1 is 1.14 bits per heavy atom. The van der Waals surface area contributed by atoms with Gasteiger partial charge in [-0.15, -0.1) is 0 Å². The van der Waals surface area contributed by atoms with E-state index in [1.807, 2.05) is 6.07 Å². The maximum absolute atomic E-state index is 13.3. The summed E-state index contributed by atoms with van der Waals surface area (Å²) in [5.41, 5.74) is 0.127. The predicted octanol–water partition coefficient (Wildman–Crippen LogP) is 4.14. The van der Waals surface area contributed by atoms with Gasteiger partial charge in [-0.1, -0.05) is 0 Å². The van der Waals surface area contributed by atoms with Crippen molar-refractivity contribution in [2.75, 3.05) is 5.32 Å². The largest absolute Gasteiger partial charge is 0.478 e. The van der Waals surface area contributed by atoms with Gasteiger partial charge in [0.25, 0.3) is 5.91 Å². The molecule has 0 heterocycles. The van der Waals surface area contributed by atoms with E-state index >= 15 is 0 Å². The van der Waals surface area contributed by atoms with Crippen LogP contribution >= 0.6 is 38.5 Å². The molecule has 0 atom stereocenters. The fourth-order valence-electron chi connectivity index (χ4n) is 1.64. The molecule has 0 radical (unpaired) electrons. The van der Waals surface area contributed by atoms with Crippen LogP contribution in [0.25, 0.3) is 0 Å². The number of carbonyl (C=O) groups is 2. The van der Waals surface area contributed by atoms with E-state index in [2.05, 4.69) is 43.8 Å². The first-order chi connectivity index (χ1) is 9.88.